The molecule has 2 rings (SSSR count). The second-order valence-electron chi connectivity index (χ2n) is 5.34. The first kappa shape index (κ1) is 15.3. The van der Waals surface area contributed by atoms with Gasteiger partial charge in [-0.15, -0.1) is 0 Å². The smallest absolute Gasteiger partial charge is 0.261 e. The van der Waals surface area contributed by atoms with Crippen LogP contribution in [0.1, 0.15) is 41.3 Å². The molecule has 0 N–H and O–H groups in total. The third-order valence-electron chi connectivity index (χ3n) is 3.97. The Labute approximate surface area is 124 Å². The Morgan fingerprint density at radius 2 is 2.00 bits per heavy atom. The summed E-state index contributed by atoms with van der Waals surface area (Å²) in [5.74, 6) is -0.113. The molecule has 110 valence electrons. The van der Waals surface area contributed by atoms with Crippen LogP contribution in [-0.2, 0) is 9.05 Å². The zero-order chi connectivity index (χ0) is 15.1. The molecule has 1 fully saturated rings. The summed E-state index contributed by atoms with van der Waals surface area (Å²) < 4.78 is 23.0. The monoisotopic (exact) mass is 315 g/mol. The van der Waals surface area contributed by atoms with Gasteiger partial charge in [0.05, 0.1) is 4.90 Å². The molecule has 0 saturated carbocycles. The molecular formula is C14H18ClNO3S. The number of carbonyl (C=O) groups excluding carboxylic acids is 1. The Morgan fingerprint density at radius 3 is 2.50 bits per heavy atom. The van der Waals surface area contributed by atoms with E-state index in [-0.39, 0.29) is 16.8 Å². The van der Waals surface area contributed by atoms with E-state index in [4.69, 9.17) is 10.7 Å². The predicted molar refractivity (Wildman–Crippen MR) is 78.7 cm³/mol. The zero-order valence-corrected chi connectivity index (χ0v) is 13.4. The van der Waals surface area contributed by atoms with Gasteiger partial charge < -0.3 is 4.90 Å². The number of rotatable bonds is 2. The Hall–Kier alpha value is -1.07. The topological polar surface area (TPSA) is 54.5 Å². The van der Waals surface area contributed by atoms with Gasteiger partial charge in [0, 0.05) is 28.8 Å². The molecule has 1 saturated heterocycles. The predicted octanol–water partition coefficient (Wildman–Crippen LogP) is 2.86. The fourth-order valence-corrected chi connectivity index (χ4v) is 3.42. The number of benzene rings is 1. The molecule has 1 heterocycles. The van der Waals surface area contributed by atoms with Crippen LogP contribution in [0.5, 0.6) is 0 Å². The lowest BCUT2D eigenvalue weighted by Crippen LogP contribution is -2.34. The highest BCUT2D eigenvalue weighted by atomic mass is 35.7. The van der Waals surface area contributed by atoms with Crippen molar-refractivity contribution in [3.8, 4) is 0 Å². The minimum absolute atomic E-state index is 0.0162. The number of halogens is 1. The van der Waals surface area contributed by atoms with Crippen LogP contribution in [0, 0.1) is 13.8 Å². The summed E-state index contributed by atoms with van der Waals surface area (Å²) in [6, 6.07) is 3.08. The number of hydrogen-bond acceptors (Lipinski definition) is 3. The van der Waals surface area contributed by atoms with E-state index in [2.05, 4.69) is 0 Å². The maximum atomic E-state index is 12.6. The van der Waals surface area contributed by atoms with Crippen LogP contribution in [0.25, 0.3) is 0 Å². The van der Waals surface area contributed by atoms with Crippen LogP contribution in [0.3, 0.4) is 0 Å². The summed E-state index contributed by atoms with van der Waals surface area (Å²) >= 11 is 0. The highest BCUT2D eigenvalue weighted by molar-refractivity contribution is 8.13. The lowest BCUT2D eigenvalue weighted by atomic mass is 10.0. The third kappa shape index (κ3) is 2.83. The summed E-state index contributed by atoms with van der Waals surface area (Å²) in [5.41, 5.74) is 1.98. The first-order valence-corrected chi connectivity index (χ1v) is 8.89. The van der Waals surface area contributed by atoms with E-state index in [1.165, 1.54) is 12.1 Å². The van der Waals surface area contributed by atoms with E-state index in [1.807, 2.05) is 13.8 Å². The van der Waals surface area contributed by atoms with Gasteiger partial charge in [0.1, 0.15) is 0 Å². The molecule has 0 aliphatic carbocycles. The van der Waals surface area contributed by atoms with Crippen LogP contribution in [0.2, 0.25) is 0 Å². The molecule has 0 aromatic heterocycles. The van der Waals surface area contributed by atoms with Crippen LogP contribution in [0.15, 0.2) is 17.0 Å². The molecule has 1 aliphatic heterocycles. The second kappa shape index (κ2) is 5.37. The lowest BCUT2D eigenvalue weighted by Gasteiger charge is -2.23. The highest BCUT2D eigenvalue weighted by Gasteiger charge is 2.28. The van der Waals surface area contributed by atoms with Gasteiger partial charge in [-0.05, 0) is 56.9 Å². The van der Waals surface area contributed by atoms with Crippen LogP contribution in [-0.4, -0.2) is 31.8 Å². The first-order chi connectivity index (χ1) is 9.21. The van der Waals surface area contributed by atoms with Crippen molar-refractivity contribution in [1.29, 1.82) is 0 Å². The van der Waals surface area contributed by atoms with E-state index in [9.17, 15) is 13.2 Å². The molecule has 6 heteroatoms. The maximum absolute atomic E-state index is 12.6. The Kier molecular flexibility index (Phi) is 4.12. The maximum Gasteiger partial charge on any atom is 0.261 e. The van der Waals surface area contributed by atoms with Gasteiger partial charge in [-0.1, -0.05) is 0 Å². The minimum Gasteiger partial charge on any atom is -0.336 e. The molecule has 0 spiro atoms. The molecule has 4 nitrogen and oxygen atoms in total. The van der Waals surface area contributed by atoms with Crippen molar-refractivity contribution < 1.29 is 13.2 Å². The first-order valence-electron chi connectivity index (χ1n) is 6.58. The van der Waals surface area contributed by atoms with E-state index in [0.29, 0.717) is 5.56 Å². The van der Waals surface area contributed by atoms with E-state index < -0.39 is 9.05 Å². The standard InChI is InChI=1S/C14H18ClNO3S/c1-9-7-12(20(15,18)19)8-13(11(9)3)14(17)16-6-4-5-10(16)2/h7-8,10H,4-6H2,1-3H3. The molecular weight excluding hydrogens is 298 g/mol. The van der Waals surface area contributed by atoms with Gasteiger partial charge in [-0.3, -0.25) is 4.79 Å². The quantitative estimate of drug-likeness (QED) is 0.789. The normalized spacial score (nSPS) is 19.4. The van der Waals surface area contributed by atoms with Crippen LogP contribution in [0.4, 0.5) is 0 Å². The summed E-state index contributed by atoms with van der Waals surface area (Å²) in [6.45, 7) is 6.34. The van der Waals surface area contributed by atoms with Crippen molar-refractivity contribution in [3.63, 3.8) is 0 Å². The molecule has 1 unspecified atom stereocenters. The number of hydrogen-bond donors (Lipinski definition) is 0. The molecule has 0 bridgehead atoms. The SMILES string of the molecule is Cc1cc(S(=O)(=O)Cl)cc(C(=O)N2CCCC2C)c1C. The van der Waals surface area contributed by atoms with Crippen molar-refractivity contribution >= 4 is 25.6 Å². The summed E-state index contributed by atoms with van der Waals surface area (Å²) in [6.07, 6.45) is 1.97. The van der Waals surface area contributed by atoms with Crippen LogP contribution < -0.4 is 0 Å². The van der Waals surface area contributed by atoms with Crippen molar-refractivity contribution in [1.82, 2.24) is 4.90 Å². The van der Waals surface area contributed by atoms with Gasteiger partial charge in [0.25, 0.3) is 15.0 Å². The molecule has 1 aromatic carbocycles. The Morgan fingerprint density at radius 1 is 1.35 bits per heavy atom. The lowest BCUT2D eigenvalue weighted by molar-refractivity contribution is 0.0746. The van der Waals surface area contributed by atoms with Crippen molar-refractivity contribution in [2.24, 2.45) is 0 Å². The number of likely N-dealkylation sites (tertiary alicyclic amines) is 1. The number of nitrogens with zero attached hydrogens (tertiary/aromatic N) is 1. The fraction of sp³-hybridized carbons (Fsp3) is 0.500. The Bertz CT molecular complexity index is 655. The average molecular weight is 316 g/mol. The van der Waals surface area contributed by atoms with E-state index in [0.717, 1.165) is 30.5 Å². The zero-order valence-electron chi connectivity index (χ0n) is 11.8. The average Bonchev–Trinajstić information content (AvgIpc) is 2.76. The molecule has 0 radical (unpaired) electrons. The van der Waals surface area contributed by atoms with Crippen molar-refractivity contribution in [3.05, 3.63) is 28.8 Å². The van der Waals surface area contributed by atoms with Gasteiger partial charge in [-0.25, -0.2) is 8.42 Å². The minimum atomic E-state index is -3.83. The van der Waals surface area contributed by atoms with Gasteiger partial charge in [0.2, 0.25) is 0 Å². The second-order valence-corrected chi connectivity index (χ2v) is 7.91. The van der Waals surface area contributed by atoms with Crippen LogP contribution >= 0.6 is 10.7 Å². The summed E-state index contributed by atoms with van der Waals surface area (Å²) in [5, 5.41) is 0. The highest BCUT2D eigenvalue weighted by Crippen LogP contribution is 2.26. The number of amides is 1. The van der Waals surface area contributed by atoms with Gasteiger partial charge >= 0.3 is 0 Å². The number of aryl methyl sites for hydroxylation is 1. The van der Waals surface area contributed by atoms with E-state index in [1.54, 1.807) is 11.8 Å². The van der Waals surface area contributed by atoms with Crippen molar-refractivity contribution in [2.45, 2.75) is 44.6 Å². The number of carbonyl (C=O) groups is 1. The molecule has 1 aromatic rings. The Balaban J connectivity index is 2.50. The van der Waals surface area contributed by atoms with Crippen molar-refractivity contribution in [2.75, 3.05) is 6.54 Å². The summed E-state index contributed by atoms with van der Waals surface area (Å²) in [7, 11) is 1.56. The molecule has 20 heavy (non-hydrogen) atoms. The fourth-order valence-electron chi connectivity index (χ4n) is 2.58. The third-order valence-corrected chi connectivity index (χ3v) is 5.30. The largest absolute Gasteiger partial charge is 0.336 e. The molecule has 1 atom stereocenters. The molecule has 1 amide bonds. The van der Waals surface area contributed by atoms with Gasteiger partial charge in [-0.2, -0.15) is 0 Å². The van der Waals surface area contributed by atoms with E-state index >= 15 is 0 Å². The summed E-state index contributed by atoms with van der Waals surface area (Å²) in [4.78, 5) is 14.4. The molecule has 1 aliphatic rings. The van der Waals surface area contributed by atoms with Gasteiger partial charge in [0.15, 0.2) is 0 Å².